The van der Waals surface area contributed by atoms with E-state index in [9.17, 15) is 0 Å². The Labute approximate surface area is 133 Å². The molecule has 0 amide bonds. The molecule has 4 nitrogen and oxygen atoms in total. The number of hydrogen-bond acceptors (Lipinski definition) is 2. The fourth-order valence-electron chi connectivity index (χ4n) is 1.95. The standard InChI is InChI=1S/C16H27ClN4/c1-3-5-6-7-11-19-16(18-4-2)20-12-10-14-8-9-15(17)21-13-14/h8-9,13H,3-7,10-12H2,1-2H3,(H2,18,19,20). The van der Waals surface area contributed by atoms with Crippen molar-refractivity contribution in [1.29, 1.82) is 0 Å². The first-order valence-electron chi connectivity index (χ1n) is 7.88. The molecule has 5 heteroatoms. The number of nitrogens with one attached hydrogen (secondary N) is 2. The molecule has 1 aromatic rings. The van der Waals surface area contributed by atoms with E-state index in [-0.39, 0.29) is 0 Å². The summed E-state index contributed by atoms with van der Waals surface area (Å²) >= 11 is 5.77. The van der Waals surface area contributed by atoms with Crippen molar-refractivity contribution in [2.24, 2.45) is 4.99 Å². The molecule has 0 unspecified atom stereocenters. The molecular formula is C16H27ClN4. The van der Waals surface area contributed by atoms with Crippen LogP contribution < -0.4 is 10.6 Å². The van der Waals surface area contributed by atoms with Crippen molar-refractivity contribution in [3.05, 3.63) is 29.0 Å². The lowest BCUT2D eigenvalue weighted by molar-refractivity contribution is 0.670. The topological polar surface area (TPSA) is 49.3 Å². The van der Waals surface area contributed by atoms with Crippen molar-refractivity contribution in [3.8, 4) is 0 Å². The third-order valence-electron chi connectivity index (χ3n) is 3.12. The molecule has 2 N–H and O–H groups in total. The number of hydrogen-bond donors (Lipinski definition) is 2. The van der Waals surface area contributed by atoms with Crippen LogP contribution in [0.2, 0.25) is 5.15 Å². The molecule has 1 aromatic heterocycles. The van der Waals surface area contributed by atoms with Gasteiger partial charge in [-0.1, -0.05) is 43.9 Å². The summed E-state index contributed by atoms with van der Waals surface area (Å²) in [5, 5.41) is 7.16. The van der Waals surface area contributed by atoms with Gasteiger partial charge in [-0.2, -0.15) is 0 Å². The summed E-state index contributed by atoms with van der Waals surface area (Å²) in [5.41, 5.74) is 1.17. The molecule has 0 fully saturated rings. The lowest BCUT2D eigenvalue weighted by Crippen LogP contribution is -2.38. The Hall–Kier alpha value is -1.29. The van der Waals surface area contributed by atoms with Gasteiger partial charge in [0.25, 0.3) is 0 Å². The summed E-state index contributed by atoms with van der Waals surface area (Å²) in [6.07, 6.45) is 7.70. The van der Waals surface area contributed by atoms with Crippen LogP contribution in [0.25, 0.3) is 0 Å². The molecule has 0 aliphatic rings. The van der Waals surface area contributed by atoms with Gasteiger partial charge in [0.1, 0.15) is 5.15 Å². The molecule has 0 aliphatic carbocycles. The first-order chi connectivity index (χ1) is 10.3. The smallest absolute Gasteiger partial charge is 0.191 e. The molecule has 0 saturated carbocycles. The van der Waals surface area contributed by atoms with Gasteiger partial charge in [0.15, 0.2) is 5.96 Å². The lowest BCUT2D eigenvalue weighted by Gasteiger charge is -2.11. The molecular weight excluding hydrogens is 284 g/mol. The van der Waals surface area contributed by atoms with Crippen LogP contribution in [0.4, 0.5) is 0 Å². The van der Waals surface area contributed by atoms with Crippen LogP contribution in [0.5, 0.6) is 0 Å². The van der Waals surface area contributed by atoms with Crippen molar-refractivity contribution in [2.75, 3.05) is 19.6 Å². The minimum Gasteiger partial charge on any atom is -0.357 e. The number of pyridine rings is 1. The molecule has 0 saturated heterocycles. The number of aromatic nitrogens is 1. The SMILES string of the molecule is CCCCCCN=C(NCC)NCCc1ccc(Cl)nc1. The number of guanidine groups is 1. The molecule has 0 aliphatic heterocycles. The Morgan fingerprint density at radius 3 is 2.71 bits per heavy atom. The van der Waals surface area contributed by atoms with Gasteiger partial charge in [-0.25, -0.2) is 4.98 Å². The maximum absolute atomic E-state index is 5.77. The first kappa shape index (κ1) is 17.8. The quantitative estimate of drug-likeness (QED) is 0.318. The third-order valence-corrected chi connectivity index (χ3v) is 3.34. The molecule has 1 rings (SSSR count). The normalized spacial score (nSPS) is 11.5. The highest BCUT2D eigenvalue weighted by Gasteiger charge is 1.98. The Morgan fingerprint density at radius 1 is 1.19 bits per heavy atom. The van der Waals surface area contributed by atoms with E-state index in [1.807, 2.05) is 18.3 Å². The summed E-state index contributed by atoms with van der Waals surface area (Å²) in [6.45, 7) is 6.91. The largest absolute Gasteiger partial charge is 0.357 e. The first-order valence-corrected chi connectivity index (χ1v) is 8.26. The molecule has 118 valence electrons. The minimum absolute atomic E-state index is 0.536. The Kier molecular flexibility index (Phi) is 9.62. The van der Waals surface area contributed by atoms with Crippen LogP contribution >= 0.6 is 11.6 Å². The van der Waals surface area contributed by atoms with Gasteiger partial charge in [-0.3, -0.25) is 4.99 Å². The molecule has 0 bridgehead atoms. The highest BCUT2D eigenvalue weighted by Crippen LogP contribution is 2.05. The van der Waals surface area contributed by atoms with Crippen LogP contribution in [0, 0.1) is 0 Å². The maximum atomic E-state index is 5.77. The van der Waals surface area contributed by atoms with Crippen molar-refractivity contribution < 1.29 is 0 Å². The van der Waals surface area contributed by atoms with E-state index in [1.54, 1.807) is 0 Å². The summed E-state index contributed by atoms with van der Waals surface area (Å²) in [4.78, 5) is 8.67. The van der Waals surface area contributed by atoms with Gasteiger partial charge in [0.2, 0.25) is 0 Å². The van der Waals surface area contributed by atoms with E-state index in [0.29, 0.717) is 5.15 Å². The monoisotopic (exact) mass is 310 g/mol. The molecule has 0 spiro atoms. The molecule has 21 heavy (non-hydrogen) atoms. The number of rotatable bonds is 9. The highest BCUT2D eigenvalue weighted by atomic mass is 35.5. The average molecular weight is 311 g/mol. The van der Waals surface area contributed by atoms with Gasteiger partial charge in [0.05, 0.1) is 0 Å². The minimum atomic E-state index is 0.536. The second kappa shape index (κ2) is 11.4. The van der Waals surface area contributed by atoms with E-state index >= 15 is 0 Å². The summed E-state index contributed by atoms with van der Waals surface area (Å²) in [7, 11) is 0. The van der Waals surface area contributed by atoms with Crippen LogP contribution in [-0.2, 0) is 6.42 Å². The second-order valence-corrected chi connectivity index (χ2v) is 5.37. The van der Waals surface area contributed by atoms with E-state index < -0.39 is 0 Å². The van der Waals surface area contributed by atoms with Crippen LogP contribution in [0.1, 0.15) is 45.1 Å². The number of halogens is 1. The van der Waals surface area contributed by atoms with Gasteiger partial charge in [-0.15, -0.1) is 0 Å². The predicted molar refractivity (Wildman–Crippen MR) is 91.1 cm³/mol. The zero-order valence-electron chi connectivity index (χ0n) is 13.2. The molecule has 0 radical (unpaired) electrons. The summed E-state index contributed by atoms with van der Waals surface area (Å²) < 4.78 is 0. The predicted octanol–water partition coefficient (Wildman–Crippen LogP) is 3.41. The van der Waals surface area contributed by atoms with Crippen molar-refractivity contribution in [1.82, 2.24) is 15.6 Å². The zero-order valence-corrected chi connectivity index (χ0v) is 13.9. The summed E-state index contributed by atoms with van der Waals surface area (Å²) in [6, 6.07) is 3.83. The molecule has 0 atom stereocenters. The fourth-order valence-corrected chi connectivity index (χ4v) is 2.06. The van der Waals surface area contributed by atoms with Crippen LogP contribution in [-0.4, -0.2) is 30.6 Å². The highest BCUT2D eigenvalue weighted by molar-refractivity contribution is 6.29. The van der Waals surface area contributed by atoms with Crippen LogP contribution in [0.15, 0.2) is 23.3 Å². The average Bonchev–Trinajstić information content (AvgIpc) is 2.49. The van der Waals surface area contributed by atoms with Gasteiger partial charge < -0.3 is 10.6 Å². The lowest BCUT2D eigenvalue weighted by atomic mass is 10.2. The van der Waals surface area contributed by atoms with E-state index in [4.69, 9.17) is 11.6 Å². The Morgan fingerprint density at radius 2 is 2.05 bits per heavy atom. The fraction of sp³-hybridized carbons (Fsp3) is 0.625. The van der Waals surface area contributed by atoms with Gasteiger partial charge in [-0.05, 0) is 31.4 Å². The van der Waals surface area contributed by atoms with Crippen LogP contribution in [0.3, 0.4) is 0 Å². The summed E-state index contributed by atoms with van der Waals surface area (Å²) in [5.74, 6) is 0.899. The molecule has 0 aromatic carbocycles. The Bertz CT molecular complexity index is 403. The van der Waals surface area contributed by atoms with Gasteiger partial charge >= 0.3 is 0 Å². The van der Waals surface area contributed by atoms with Crippen molar-refractivity contribution in [3.63, 3.8) is 0 Å². The Balaban J connectivity index is 2.29. The van der Waals surface area contributed by atoms with Gasteiger partial charge in [0, 0.05) is 25.8 Å². The third kappa shape index (κ3) is 8.56. The van der Waals surface area contributed by atoms with Crippen molar-refractivity contribution in [2.45, 2.75) is 46.0 Å². The van der Waals surface area contributed by atoms with E-state index in [0.717, 1.165) is 38.4 Å². The van der Waals surface area contributed by atoms with E-state index in [1.165, 1.54) is 24.8 Å². The zero-order chi connectivity index (χ0) is 15.3. The van der Waals surface area contributed by atoms with E-state index in [2.05, 4.69) is 34.5 Å². The maximum Gasteiger partial charge on any atom is 0.191 e. The number of aliphatic imine (C=N–C) groups is 1. The molecule has 1 heterocycles. The second-order valence-electron chi connectivity index (χ2n) is 4.99. The number of nitrogens with zero attached hydrogens (tertiary/aromatic N) is 2. The number of unbranched alkanes of at least 4 members (excludes halogenated alkanes) is 3. The van der Waals surface area contributed by atoms with Crippen molar-refractivity contribution >= 4 is 17.6 Å².